The standard InChI is InChI=1S/C12H13FN2O2/c1-15-11(6-9(7-16)14-15)10-4-3-8(13)5-12(10)17-2/h3-6,16H,7H2,1-2H3. The number of hydrogen-bond acceptors (Lipinski definition) is 3. The van der Waals surface area contributed by atoms with Crippen molar-refractivity contribution in [2.24, 2.45) is 7.05 Å². The van der Waals surface area contributed by atoms with E-state index in [0.717, 1.165) is 11.3 Å². The van der Waals surface area contributed by atoms with Crippen LogP contribution in [0.2, 0.25) is 0 Å². The van der Waals surface area contributed by atoms with Crippen LogP contribution in [0.1, 0.15) is 5.69 Å². The van der Waals surface area contributed by atoms with Gasteiger partial charge in [0.15, 0.2) is 0 Å². The number of aryl methyl sites for hydroxylation is 1. The SMILES string of the molecule is COc1cc(F)ccc1-c1cc(CO)nn1C. The predicted octanol–water partition coefficient (Wildman–Crippen LogP) is 1.73. The Morgan fingerprint density at radius 1 is 1.41 bits per heavy atom. The molecule has 5 heteroatoms. The molecule has 17 heavy (non-hydrogen) atoms. The van der Waals surface area contributed by atoms with Crippen LogP contribution in [-0.2, 0) is 13.7 Å². The number of methoxy groups -OCH3 is 1. The molecule has 1 heterocycles. The zero-order valence-corrected chi connectivity index (χ0v) is 9.64. The number of benzene rings is 1. The molecule has 0 amide bonds. The van der Waals surface area contributed by atoms with Gasteiger partial charge in [-0.05, 0) is 18.2 Å². The highest BCUT2D eigenvalue weighted by Crippen LogP contribution is 2.30. The topological polar surface area (TPSA) is 47.3 Å². The van der Waals surface area contributed by atoms with Crippen molar-refractivity contribution < 1.29 is 14.2 Å². The molecule has 2 rings (SSSR count). The number of rotatable bonds is 3. The molecule has 0 radical (unpaired) electrons. The molecule has 0 aliphatic carbocycles. The van der Waals surface area contributed by atoms with Gasteiger partial charge in [-0.1, -0.05) is 0 Å². The zero-order chi connectivity index (χ0) is 12.4. The average molecular weight is 236 g/mol. The van der Waals surface area contributed by atoms with Crippen LogP contribution in [-0.4, -0.2) is 22.0 Å². The van der Waals surface area contributed by atoms with E-state index in [9.17, 15) is 4.39 Å². The van der Waals surface area contributed by atoms with Gasteiger partial charge in [0, 0.05) is 18.7 Å². The van der Waals surface area contributed by atoms with Gasteiger partial charge in [-0.2, -0.15) is 5.10 Å². The van der Waals surface area contributed by atoms with Crippen molar-refractivity contribution >= 4 is 0 Å². The van der Waals surface area contributed by atoms with Crippen LogP contribution >= 0.6 is 0 Å². The minimum absolute atomic E-state index is 0.128. The molecule has 0 bridgehead atoms. The van der Waals surface area contributed by atoms with Crippen molar-refractivity contribution in [1.29, 1.82) is 0 Å². The first kappa shape index (κ1) is 11.6. The van der Waals surface area contributed by atoms with E-state index in [-0.39, 0.29) is 12.4 Å². The molecule has 90 valence electrons. The first-order valence-electron chi connectivity index (χ1n) is 5.13. The lowest BCUT2D eigenvalue weighted by Gasteiger charge is -2.08. The van der Waals surface area contributed by atoms with Crippen LogP contribution in [0.5, 0.6) is 5.75 Å². The molecule has 1 N–H and O–H groups in total. The molecule has 0 saturated carbocycles. The van der Waals surface area contributed by atoms with Gasteiger partial charge < -0.3 is 9.84 Å². The number of nitrogens with zero attached hydrogens (tertiary/aromatic N) is 2. The van der Waals surface area contributed by atoms with Crippen molar-refractivity contribution in [3.63, 3.8) is 0 Å². The molecule has 0 fully saturated rings. The Bertz CT molecular complexity index is 537. The van der Waals surface area contributed by atoms with E-state index < -0.39 is 0 Å². The number of aliphatic hydroxyl groups excluding tert-OH is 1. The summed E-state index contributed by atoms with van der Waals surface area (Å²) in [6.45, 7) is -0.128. The Labute approximate surface area is 98.3 Å². The van der Waals surface area contributed by atoms with Crippen molar-refractivity contribution in [3.05, 3.63) is 35.8 Å². The van der Waals surface area contributed by atoms with Crippen LogP contribution in [0.3, 0.4) is 0 Å². The maximum Gasteiger partial charge on any atom is 0.131 e. The van der Waals surface area contributed by atoms with Gasteiger partial charge in [0.05, 0.1) is 25.1 Å². The summed E-state index contributed by atoms with van der Waals surface area (Å²) in [5.74, 6) is 0.0904. The number of aromatic nitrogens is 2. The molecule has 0 saturated heterocycles. The second kappa shape index (κ2) is 4.55. The molecule has 0 aliphatic rings. The fourth-order valence-electron chi connectivity index (χ4n) is 1.73. The van der Waals surface area contributed by atoms with Crippen LogP contribution < -0.4 is 4.74 Å². The Morgan fingerprint density at radius 2 is 2.18 bits per heavy atom. The second-order valence-electron chi connectivity index (χ2n) is 3.65. The lowest BCUT2D eigenvalue weighted by Crippen LogP contribution is -1.97. The molecule has 0 aliphatic heterocycles. The lowest BCUT2D eigenvalue weighted by atomic mass is 10.1. The monoisotopic (exact) mass is 236 g/mol. The van der Waals surface area contributed by atoms with E-state index in [1.807, 2.05) is 0 Å². The molecule has 1 aromatic heterocycles. The first-order valence-corrected chi connectivity index (χ1v) is 5.13. The molecular formula is C12H13FN2O2. The summed E-state index contributed by atoms with van der Waals surface area (Å²) in [4.78, 5) is 0. The highest BCUT2D eigenvalue weighted by Gasteiger charge is 2.12. The van der Waals surface area contributed by atoms with Crippen molar-refractivity contribution in [2.75, 3.05) is 7.11 Å². The maximum atomic E-state index is 13.1. The predicted molar refractivity (Wildman–Crippen MR) is 61.1 cm³/mol. The number of hydrogen-bond donors (Lipinski definition) is 1. The average Bonchev–Trinajstić information content (AvgIpc) is 2.70. The minimum atomic E-state index is -0.352. The van der Waals surface area contributed by atoms with E-state index >= 15 is 0 Å². The lowest BCUT2D eigenvalue weighted by molar-refractivity contribution is 0.275. The maximum absolute atomic E-state index is 13.1. The van der Waals surface area contributed by atoms with Gasteiger partial charge in [-0.3, -0.25) is 4.68 Å². The smallest absolute Gasteiger partial charge is 0.131 e. The number of ether oxygens (including phenoxy) is 1. The summed E-state index contributed by atoms with van der Waals surface area (Å²) in [6.07, 6.45) is 0. The van der Waals surface area contributed by atoms with Gasteiger partial charge in [0.2, 0.25) is 0 Å². The van der Waals surface area contributed by atoms with Crippen LogP contribution in [0.25, 0.3) is 11.3 Å². The van der Waals surface area contributed by atoms with Crippen LogP contribution in [0.15, 0.2) is 24.3 Å². The Kier molecular flexibility index (Phi) is 3.10. The van der Waals surface area contributed by atoms with E-state index in [2.05, 4.69) is 5.10 Å². The van der Waals surface area contributed by atoms with Crippen molar-refractivity contribution in [2.45, 2.75) is 6.61 Å². The van der Waals surface area contributed by atoms with E-state index in [0.29, 0.717) is 11.4 Å². The van der Waals surface area contributed by atoms with Crippen LogP contribution in [0, 0.1) is 5.82 Å². The highest BCUT2D eigenvalue weighted by atomic mass is 19.1. The van der Waals surface area contributed by atoms with E-state index in [1.165, 1.54) is 19.2 Å². The molecule has 0 atom stereocenters. The van der Waals surface area contributed by atoms with Gasteiger partial charge in [0.25, 0.3) is 0 Å². The molecule has 4 nitrogen and oxygen atoms in total. The Morgan fingerprint density at radius 3 is 2.76 bits per heavy atom. The molecule has 1 aromatic carbocycles. The summed E-state index contributed by atoms with van der Waals surface area (Å²) < 4.78 is 19.8. The van der Waals surface area contributed by atoms with Crippen LogP contribution in [0.4, 0.5) is 4.39 Å². The molecule has 0 spiro atoms. The van der Waals surface area contributed by atoms with Gasteiger partial charge in [-0.25, -0.2) is 4.39 Å². The summed E-state index contributed by atoms with van der Waals surface area (Å²) in [7, 11) is 3.25. The summed E-state index contributed by atoms with van der Waals surface area (Å²) >= 11 is 0. The highest BCUT2D eigenvalue weighted by molar-refractivity contribution is 5.67. The quantitative estimate of drug-likeness (QED) is 0.882. The minimum Gasteiger partial charge on any atom is -0.496 e. The number of halogens is 1. The second-order valence-corrected chi connectivity index (χ2v) is 3.65. The normalized spacial score (nSPS) is 10.6. The molecule has 0 unspecified atom stereocenters. The van der Waals surface area contributed by atoms with Gasteiger partial charge in [-0.15, -0.1) is 0 Å². The van der Waals surface area contributed by atoms with Crippen molar-refractivity contribution in [1.82, 2.24) is 9.78 Å². The number of aliphatic hydroxyl groups is 1. The molecular weight excluding hydrogens is 223 g/mol. The van der Waals surface area contributed by atoms with E-state index in [4.69, 9.17) is 9.84 Å². The third-order valence-electron chi connectivity index (χ3n) is 2.53. The zero-order valence-electron chi connectivity index (χ0n) is 9.64. The Balaban J connectivity index is 2.55. The third-order valence-corrected chi connectivity index (χ3v) is 2.53. The molecule has 2 aromatic rings. The van der Waals surface area contributed by atoms with Gasteiger partial charge >= 0.3 is 0 Å². The summed E-state index contributed by atoms with van der Waals surface area (Å²) in [6, 6.07) is 6.06. The Hall–Kier alpha value is -1.88. The third kappa shape index (κ3) is 2.14. The van der Waals surface area contributed by atoms with E-state index in [1.54, 1.807) is 23.9 Å². The first-order chi connectivity index (χ1) is 8.15. The summed E-state index contributed by atoms with van der Waals surface area (Å²) in [5, 5.41) is 13.1. The fraction of sp³-hybridized carbons (Fsp3) is 0.250. The van der Waals surface area contributed by atoms with Gasteiger partial charge in [0.1, 0.15) is 11.6 Å². The summed E-state index contributed by atoms with van der Waals surface area (Å²) in [5.41, 5.74) is 2.07. The largest absolute Gasteiger partial charge is 0.496 e. The van der Waals surface area contributed by atoms with Crippen molar-refractivity contribution in [3.8, 4) is 17.0 Å². The fourth-order valence-corrected chi connectivity index (χ4v) is 1.73.